The summed E-state index contributed by atoms with van der Waals surface area (Å²) in [6.45, 7) is 2.30. The molecule has 1 aliphatic carbocycles. The van der Waals surface area contributed by atoms with E-state index in [0.717, 1.165) is 6.42 Å². The lowest BCUT2D eigenvalue weighted by Crippen LogP contribution is -2.35. The Morgan fingerprint density at radius 2 is 2.00 bits per heavy atom. The molecule has 98 valence electrons. The number of carboxylic acid groups (broad SMARTS) is 1. The van der Waals surface area contributed by atoms with Gasteiger partial charge in [-0.2, -0.15) is 0 Å². The minimum Gasteiger partial charge on any atom is -0.480 e. The number of carbonyl (C=O) groups excluding carboxylic acids is 1. The number of carboxylic acids is 1. The summed E-state index contributed by atoms with van der Waals surface area (Å²) in [5.74, 6) is -0.0844. The van der Waals surface area contributed by atoms with E-state index < -0.39 is 12.6 Å². The van der Waals surface area contributed by atoms with Crippen molar-refractivity contribution in [3.8, 4) is 0 Å². The van der Waals surface area contributed by atoms with Crippen LogP contribution in [-0.2, 0) is 14.3 Å². The summed E-state index contributed by atoms with van der Waals surface area (Å²) in [6, 6.07) is 0. The van der Waals surface area contributed by atoms with Gasteiger partial charge in [-0.25, -0.2) is 4.79 Å². The molecule has 0 aromatic heterocycles. The summed E-state index contributed by atoms with van der Waals surface area (Å²) in [6.07, 6.45) is 4.92. The number of hydrogen-bond acceptors (Lipinski definition) is 3. The molecule has 2 N–H and O–H groups in total. The van der Waals surface area contributed by atoms with Crippen molar-refractivity contribution in [1.82, 2.24) is 5.32 Å². The van der Waals surface area contributed by atoms with Gasteiger partial charge in [-0.15, -0.1) is 0 Å². The van der Waals surface area contributed by atoms with Crippen LogP contribution in [0.5, 0.6) is 0 Å². The molecular weight excluding hydrogens is 222 g/mol. The molecule has 0 spiro atoms. The molecule has 0 radical (unpaired) electrons. The fourth-order valence-electron chi connectivity index (χ4n) is 2.22. The van der Waals surface area contributed by atoms with Gasteiger partial charge in [0.15, 0.2) is 0 Å². The van der Waals surface area contributed by atoms with E-state index in [0.29, 0.717) is 18.4 Å². The van der Waals surface area contributed by atoms with Crippen LogP contribution in [-0.4, -0.2) is 36.7 Å². The Morgan fingerprint density at radius 1 is 1.29 bits per heavy atom. The Bertz CT molecular complexity index is 267. The summed E-state index contributed by atoms with van der Waals surface area (Å²) in [5.41, 5.74) is 0. The molecule has 1 amide bonds. The first-order valence-electron chi connectivity index (χ1n) is 6.16. The standard InChI is InChI=1S/C12H21NO4/c1-9-4-2-3-5-10(9)6-13-11(14)7-17-8-12(15)16/h9-10H,2-8H2,1H3,(H,13,14)(H,15,16). The first-order chi connectivity index (χ1) is 8.09. The maximum absolute atomic E-state index is 11.3. The first kappa shape index (κ1) is 14.0. The molecular formula is C12H21NO4. The highest BCUT2D eigenvalue weighted by molar-refractivity contribution is 5.77. The zero-order chi connectivity index (χ0) is 12.7. The lowest BCUT2D eigenvalue weighted by molar-refractivity contribution is -0.143. The number of carbonyl (C=O) groups is 2. The van der Waals surface area contributed by atoms with Gasteiger partial charge in [0.25, 0.3) is 0 Å². The van der Waals surface area contributed by atoms with Gasteiger partial charge < -0.3 is 15.2 Å². The van der Waals surface area contributed by atoms with Crippen molar-refractivity contribution in [2.24, 2.45) is 11.8 Å². The number of ether oxygens (including phenoxy) is 1. The molecule has 1 fully saturated rings. The quantitative estimate of drug-likeness (QED) is 0.730. The molecule has 0 aliphatic heterocycles. The van der Waals surface area contributed by atoms with E-state index in [1.165, 1.54) is 19.3 Å². The summed E-state index contributed by atoms with van der Waals surface area (Å²) < 4.78 is 4.71. The molecule has 17 heavy (non-hydrogen) atoms. The number of nitrogens with one attached hydrogen (secondary N) is 1. The van der Waals surface area contributed by atoms with Crippen molar-refractivity contribution < 1.29 is 19.4 Å². The van der Waals surface area contributed by atoms with E-state index in [1.807, 2.05) is 0 Å². The predicted octanol–water partition coefficient (Wildman–Crippen LogP) is 1.03. The van der Waals surface area contributed by atoms with Crippen LogP contribution in [0.3, 0.4) is 0 Å². The maximum atomic E-state index is 11.3. The Kier molecular flexibility index (Phi) is 5.97. The van der Waals surface area contributed by atoms with Crippen LogP contribution in [0, 0.1) is 11.8 Å². The normalized spacial score (nSPS) is 24.3. The van der Waals surface area contributed by atoms with Crippen molar-refractivity contribution in [3.05, 3.63) is 0 Å². The molecule has 1 saturated carbocycles. The summed E-state index contributed by atoms with van der Waals surface area (Å²) in [7, 11) is 0. The van der Waals surface area contributed by atoms with Crippen molar-refractivity contribution in [1.29, 1.82) is 0 Å². The molecule has 0 bridgehead atoms. The second-order valence-electron chi connectivity index (χ2n) is 4.71. The number of amides is 1. The van der Waals surface area contributed by atoms with Gasteiger partial charge in [0, 0.05) is 6.54 Å². The van der Waals surface area contributed by atoms with Crippen molar-refractivity contribution >= 4 is 11.9 Å². The largest absolute Gasteiger partial charge is 0.480 e. The first-order valence-corrected chi connectivity index (χ1v) is 6.16. The van der Waals surface area contributed by atoms with E-state index >= 15 is 0 Å². The second kappa shape index (κ2) is 7.27. The summed E-state index contributed by atoms with van der Waals surface area (Å²) in [4.78, 5) is 21.5. The highest BCUT2D eigenvalue weighted by atomic mass is 16.5. The Hall–Kier alpha value is -1.10. The van der Waals surface area contributed by atoms with E-state index in [-0.39, 0.29) is 12.5 Å². The highest BCUT2D eigenvalue weighted by Crippen LogP contribution is 2.28. The van der Waals surface area contributed by atoms with E-state index in [9.17, 15) is 9.59 Å². The zero-order valence-electron chi connectivity index (χ0n) is 10.3. The van der Waals surface area contributed by atoms with E-state index in [4.69, 9.17) is 9.84 Å². The fourth-order valence-corrected chi connectivity index (χ4v) is 2.22. The van der Waals surface area contributed by atoms with Crippen molar-refractivity contribution in [3.63, 3.8) is 0 Å². The number of hydrogen-bond donors (Lipinski definition) is 2. The molecule has 1 aliphatic rings. The number of aliphatic carboxylic acids is 1. The summed E-state index contributed by atoms with van der Waals surface area (Å²) in [5, 5.41) is 11.1. The Balaban J connectivity index is 2.12. The molecule has 0 aromatic rings. The molecule has 2 unspecified atom stereocenters. The molecule has 0 aromatic carbocycles. The van der Waals surface area contributed by atoms with Gasteiger partial charge in [-0.1, -0.05) is 26.2 Å². The van der Waals surface area contributed by atoms with Gasteiger partial charge >= 0.3 is 5.97 Å². The predicted molar refractivity (Wildman–Crippen MR) is 62.6 cm³/mol. The van der Waals surface area contributed by atoms with Crippen molar-refractivity contribution in [2.75, 3.05) is 19.8 Å². The smallest absolute Gasteiger partial charge is 0.329 e. The fraction of sp³-hybridized carbons (Fsp3) is 0.833. The highest BCUT2D eigenvalue weighted by Gasteiger charge is 2.21. The van der Waals surface area contributed by atoms with Gasteiger partial charge in [0.2, 0.25) is 5.91 Å². The maximum Gasteiger partial charge on any atom is 0.329 e. The number of rotatable bonds is 6. The topological polar surface area (TPSA) is 75.6 Å². The third kappa shape index (κ3) is 5.68. The monoisotopic (exact) mass is 243 g/mol. The zero-order valence-corrected chi connectivity index (χ0v) is 10.3. The van der Waals surface area contributed by atoms with Crippen LogP contribution in [0.2, 0.25) is 0 Å². The van der Waals surface area contributed by atoms with E-state index in [2.05, 4.69) is 12.2 Å². The third-order valence-electron chi connectivity index (χ3n) is 3.31. The van der Waals surface area contributed by atoms with Gasteiger partial charge in [-0.05, 0) is 18.3 Å². The Labute approximate surface area is 102 Å². The molecule has 2 atom stereocenters. The van der Waals surface area contributed by atoms with Crippen LogP contribution in [0.25, 0.3) is 0 Å². The SMILES string of the molecule is CC1CCCCC1CNC(=O)COCC(=O)O. The van der Waals surface area contributed by atoms with Gasteiger partial charge in [0.1, 0.15) is 13.2 Å². The minimum absolute atomic E-state index is 0.173. The molecule has 5 nitrogen and oxygen atoms in total. The summed E-state index contributed by atoms with van der Waals surface area (Å²) >= 11 is 0. The van der Waals surface area contributed by atoms with Crippen LogP contribution in [0.15, 0.2) is 0 Å². The minimum atomic E-state index is -1.06. The average molecular weight is 243 g/mol. The average Bonchev–Trinajstić information content (AvgIpc) is 2.27. The van der Waals surface area contributed by atoms with Crippen LogP contribution in [0.1, 0.15) is 32.6 Å². The van der Waals surface area contributed by atoms with Crippen LogP contribution < -0.4 is 5.32 Å². The van der Waals surface area contributed by atoms with E-state index in [1.54, 1.807) is 0 Å². The Morgan fingerprint density at radius 3 is 2.65 bits per heavy atom. The van der Waals surface area contributed by atoms with Crippen LogP contribution in [0.4, 0.5) is 0 Å². The third-order valence-corrected chi connectivity index (χ3v) is 3.31. The lowest BCUT2D eigenvalue weighted by Gasteiger charge is -2.28. The second-order valence-corrected chi connectivity index (χ2v) is 4.71. The lowest BCUT2D eigenvalue weighted by atomic mass is 9.80. The molecule has 5 heteroatoms. The molecule has 1 rings (SSSR count). The molecule has 0 heterocycles. The van der Waals surface area contributed by atoms with Crippen LogP contribution >= 0.6 is 0 Å². The molecule has 0 saturated heterocycles. The van der Waals surface area contributed by atoms with Gasteiger partial charge in [-0.3, -0.25) is 4.79 Å². The van der Waals surface area contributed by atoms with Crippen molar-refractivity contribution in [2.45, 2.75) is 32.6 Å². The van der Waals surface area contributed by atoms with Gasteiger partial charge in [0.05, 0.1) is 0 Å².